The molecular weight excluding hydrogens is 346 g/mol. The third-order valence-electron chi connectivity index (χ3n) is 6.30. The van der Waals surface area contributed by atoms with E-state index in [0.29, 0.717) is 0 Å². The number of carbonyl (C=O) groups is 1. The highest BCUT2D eigenvalue weighted by Crippen LogP contribution is 2.28. The third kappa shape index (κ3) is 5.94. The monoisotopic (exact) mass is 379 g/mol. The minimum Gasteiger partial charge on any atom is -0.352 e. The Balaban J connectivity index is 1.38. The summed E-state index contributed by atoms with van der Waals surface area (Å²) in [5, 5.41) is 11.6. The normalized spacial score (nSPS) is 22.9. The molecule has 1 aromatic carbocycles. The molecular formula is C24H33N3O. The van der Waals surface area contributed by atoms with E-state index in [-0.39, 0.29) is 18.4 Å². The first-order valence-corrected chi connectivity index (χ1v) is 10.8. The molecule has 0 radical (unpaired) electrons. The van der Waals surface area contributed by atoms with Gasteiger partial charge in [-0.2, -0.15) is 5.26 Å². The number of hydrogen-bond donors (Lipinski definition) is 1. The number of benzene rings is 1. The van der Waals surface area contributed by atoms with Crippen LogP contribution < -0.4 is 5.32 Å². The van der Waals surface area contributed by atoms with Gasteiger partial charge in [-0.1, -0.05) is 37.3 Å². The van der Waals surface area contributed by atoms with Gasteiger partial charge in [0.2, 0.25) is 5.91 Å². The molecule has 150 valence electrons. The number of rotatable bonds is 7. The number of amides is 1. The van der Waals surface area contributed by atoms with Gasteiger partial charge in [0, 0.05) is 19.1 Å². The van der Waals surface area contributed by atoms with Crippen molar-refractivity contribution >= 4 is 11.5 Å². The first kappa shape index (κ1) is 20.6. The number of carbonyl (C=O) groups excluding carboxylic acids is 1. The first-order chi connectivity index (χ1) is 13.7. The smallest absolute Gasteiger partial charge is 0.234 e. The number of nitriles is 1. The van der Waals surface area contributed by atoms with Crippen LogP contribution in [-0.2, 0) is 11.2 Å². The molecule has 0 saturated heterocycles. The van der Waals surface area contributed by atoms with E-state index in [0.717, 1.165) is 44.7 Å². The van der Waals surface area contributed by atoms with Crippen LogP contribution in [-0.4, -0.2) is 36.5 Å². The maximum Gasteiger partial charge on any atom is 0.234 e. The van der Waals surface area contributed by atoms with Gasteiger partial charge in [-0.15, -0.1) is 0 Å². The first-order valence-electron chi connectivity index (χ1n) is 10.8. The predicted molar refractivity (Wildman–Crippen MR) is 114 cm³/mol. The Morgan fingerprint density at radius 3 is 2.79 bits per heavy atom. The Morgan fingerprint density at radius 2 is 2.11 bits per heavy atom. The van der Waals surface area contributed by atoms with Crippen molar-refractivity contribution in [1.29, 1.82) is 5.26 Å². The van der Waals surface area contributed by atoms with Gasteiger partial charge in [-0.25, -0.2) is 0 Å². The van der Waals surface area contributed by atoms with Gasteiger partial charge in [-0.3, -0.25) is 9.69 Å². The number of nitrogens with one attached hydrogen (secondary N) is 1. The van der Waals surface area contributed by atoms with Gasteiger partial charge < -0.3 is 5.32 Å². The van der Waals surface area contributed by atoms with Gasteiger partial charge in [-0.05, 0) is 74.1 Å². The quantitative estimate of drug-likeness (QED) is 0.768. The molecule has 0 bridgehead atoms. The summed E-state index contributed by atoms with van der Waals surface area (Å²) in [5.41, 5.74) is 4.32. The molecule has 0 aromatic heterocycles. The molecule has 1 fully saturated rings. The largest absolute Gasteiger partial charge is 0.352 e. The summed E-state index contributed by atoms with van der Waals surface area (Å²) in [6.07, 6.45) is 10.4. The SMILES string of the molecule is CCc1cccc(C2=CCN(CC[C@H]3CC[C@H](NC(=O)CC#N)CC3)CC2)c1. The maximum atomic E-state index is 11.5. The summed E-state index contributed by atoms with van der Waals surface area (Å²) in [6, 6.07) is 11.2. The summed E-state index contributed by atoms with van der Waals surface area (Å²) in [4.78, 5) is 14.1. The lowest BCUT2D eigenvalue weighted by molar-refractivity contribution is -0.121. The molecule has 3 rings (SSSR count). The Hall–Kier alpha value is -2.12. The van der Waals surface area contributed by atoms with E-state index in [4.69, 9.17) is 5.26 Å². The van der Waals surface area contributed by atoms with E-state index in [1.54, 1.807) is 0 Å². The van der Waals surface area contributed by atoms with Crippen LogP contribution in [0, 0.1) is 17.2 Å². The maximum absolute atomic E-state index is 11.5. The van der Waals surface area contributed by atoms with Gasteiger partial charge in [0.25, 0.3) is 0 Å². The van der Waals surface area contributed by atoms with Gasteiger partial charge >= 0.3 is 0 Å². The highest BCUT2D eigenvalue weighted by atomic mass is 16.1. The topological polar surface area (TPSA) is 56.1 Å². The average molecular weight is 380 g/mol. The van der Waals surface area contributed by atoms with Crippen molar-refractivity contribution in [2.24, 2.45) is 5.92 Å². The van der Waals surface area contributed by atoms with Crippen LogP contribution in [0.3, 0.4) is 0 Å². The molecule has 28 heavy (non-hydrogen) atoms. The Labute approximate surface area is 169 Å². The summed E-state index contributed by atoms with van der Waals surface area (Å²) in [7, 11) is 0. The lowest BCUT2D eigenvalue weighted by atomic mass is 9.84. The van der Waals surface area contributed by atoms with Gasteiger partial charge in [0.05, 0.1) is 6.07 Å². The minimum atomic E-state index is -0.119. The second kappa shape index (κ2) is 10.4. The van der Waals surface area contributed by atoms with E-state index in [2.05, 4.69) is 47.5 Å². The molecule has 2 aliphatic rings. The molecule has 1 N–H and O–H groups in total. The second-order valence-corrected chi connectivity index (χ2v) is 8.24. The number of hydrogen-bond acceptors (Lipinski definition) is 3. The second-order valence-electron chi connectivity index (χ2n) is 8.24. The molecule has 1 heterocycles. The zero-order valence-electron chi connectivity index (χ0n) is 17.1. The molecule has 1 aliphatic carbocycles. The van der Waals surface area contributed by atoms with Crippen LogP contribution in [0.25, 0.3) is 5.57 Å². The number of aryl methyl sites for hydroxylation is 1. The van der Waals surface area contributed by atoms with Crippen LogP contribution >= 0.6 is 0 Å². The van der Waals surface area contributed by atoms with E-state index in [9.17, 15) is 4.79 Å². The molecule has 1 amide bonds. The zero-order chi connectivity index (χ0) is 19.8. The Morgan fingerprint density at radius 1 is 1.29 bits per heavy atom. The fourth-order valence-electron chi connectivity index (χ4n) is 4.48. The molecule has 1 aliphatic heterocycles. The lowest BCUT2D eigenvalue weighted by Gasteiger charge is -2.32. The van der Waals surface area contributed by atoms with E-state index in [1.807, 2.05) is 6.07 Å². The minimum absolute atomic E-state index is 0.0207. The predicted octanol–water partition coefficient (Wildman–Crippen LogP) is 4.32. The third-order valence-corrected chi connectivity index (χ3v) is 6.30. The van der Waals surface area contributed by atoms with Crippen LogP contribution in [0.4, 0.5) is 0 Å². The Kier molecular flexibility index (Phi) is 7.68. The van der Waals surface area contributed by atoms with Crippen molar-refractivity contribution in [2.75, 3.05) is 19.6 Å². The summed E-state index contributed by atoms with van der Waals surface area (Å²) < 4.78 is 0. The summed E-state index contributed by atoms with van der Waals surface area (Å²) in [5.74, 6) is 0.655. The molecule has 4 heteroatoms. The van der Waals surface area contributed by atoms with Gasteiger partial charge in [0.15, 0.2) is 0 Å². The van der Waals surface area contributed by atoms with E-state index < -0.39 is 0 Å². The van der Waals surface area contributed by atoms with E-state index in [1.165, 1.54) is 42.5 Å². The molecule has 4 nitrogen and oxygen atoms in total. The van der Waals surface area contributed by atoms with Crippen molar-refractivity contribution in [2.45, 2.75) is 64.3 Å². The van der Waals surface area contributed by atoms with Crippen molar-refractivity contribution < 1.29 is 4.79 Å². The van der Waals surface area contributed by atoms with Gasteiger partial charge in [0.1, 0.15) is 6.42 Å². The molecule has 1 aromatic rings. The van der Waals surface area contributed by atoms with Crippen molar-refractivity contribution in [3.8, 4) is 6.07 Å². The lowest BCUT2D eigenvalue weighted by Crippen LogP contribution is -2.38. The highest BCUT2D eigenvalue weighted by Gasteiger charge is 2.23. The van der Waals surface area contributed by atoms with E-state index >= 15 is 0 Å². The zero-order valence-corrected chi connectivity index (χ0v) is 17.1. The molecule has 0 spiro atoms. The van der Waals surface area contributed by atoms with Crippen LogP contribution in [0.5, 0.6) is 0 Å². The fraction of sp³-hybridized carbons (Fsp3) is 0.583. The van der Waals surface area contributed by atoms with Crippen molar-refractivity contribution in [3.05, 3.63) is 41.5 Å². The fourth-order valence-corrected chi connectivity index (χ4v) is 4.48. The molecule has 0 unspecified atom stereocenters. The highest BCUT2D eigenvalue weighted by molar-refractivity contribution is 5.78. The van der Waals surface area contributed by atoms with Crippen molar-refractivity contribution in [1.82, 2.24) is 10.2 Å². The van der Waals surface area contributed by atoms with Crippen LogP contribution in [0.1, 0.15) is 63.0 Å². The summed E-state index contributed by atoms with van der Waals surface area (Å²) in [6.45, 7) is 5.60. The van der Waals surface area contributed by atoms with Crippen LogP contribution in [0.15, 0.2) is 30.3 Å². The summed E-state index contributed by atoms with van der Waals surface area (Å²) >= 11 is 0. The average Bonchev–Trinajstić information content (AvgIpc) is 2.74. The number of nitrogens with zero attached hydrogens (tertiary/aromatic N) is 2. The van der Waals surface area contributed by atoms with Crippen LogP contribution in [0.2, 0.25) is 0 Å². The molecule has 0 atom stereocenters. The standard InChI is InChI=1S/C24H33N3O/c1-2-19-4-3-5-22(18-19)21-12-16-27(17-13-21)15-11-20-6-8-23(9-7-20)26-24(28)10-14-25/h3-5,12,18,20,23H,2,6-11,13,15-17H2,1H3,(H,26,28)/t20-,23-. The Bertz CT molecular complexity index is 726. The van der Waals surface area contributed by atoms with Crippen molar-refractivity contribution in [3.63, 3.8) is 0 Å². The molecule has 1 saturated carbocycles.